The second-order valence-electron chi connectivity index (χ2n) is 3.60. The second-order valence-corrected chi connectivity index (χ2v) is 4.45. The van der Waals surface area contributed by atoms with Gasteiger partial charge in [0, 0.05) is 16.2 Å². The van der Waals surface area contributed by atoms with Crippen LogP contribution in [0.4, 0.5) is 10.1 Å². The predicted octanol–water partition coefficient (Wildman–Crippen LogP) is 3.55. The Balaban J connectivity index is 2.22. The Kier molecular flexibility index (Phi) is 3.62. The Bertz CT molecular complexity index is 601. The third kappa shape index (κ3) is 2.68. The minimum Gasteiger partial charge on any atom is -0.505 e. The fourth-order valence-electron chi connectivity index (χ4n) is 1.43. The van der Waals surface area contributed by atoms with E-state index in [0.29, 0.717) is 10.0 Å². The molecular weight excluding hydrogens is 301 g/mol. The number of aromatic hydroxyl groups is 1. The lowest BCUT2D eigenvalue weighted by atomic mass is 10.2. The fraction of sp³-hybridized carbons (Fsp3) is 0. The van der Waals surface area contributed by atoms with Crippen LogP contribution in [0, 0.1) is 5.82 Å². The number of hydrogen-bond donors (Lipinski definition) is 2. The molecule has 0 aliphatic rings. The van der Waals surface area contributed by atoms with Gasteiger partial charge in [-0.2, -0.15) is 0 Å². The summed E-state index contributed by atoms with van der Waals surface area (Å²) in [5.74, 6) is -1.58. The molecule has 0 aliphatic heterocycles. The van der Waals surface area contributed by atoms with E-state index in [9.17, 15) is 9.18 Å². The van der Waals surface area contributed by atoms with Gasteiger partial charge in [0.2, 0.25) is 0 Å². The van der Waals surface area contributed by atoms with E-state index in [1.165, 1.54) is 12.1 Å². The molecular formula is C13H9BrFNO2. The van der Waals surface area contributed by atoms with Crippen molar-refractivity contribution < 1.29 is 14.3 Å². The van der Waals surface area contributed by atoms with Crippen molar-refractivity contribution in [3.05, 3.63) is 58.3 Å². The number of phenols is 1. The van der Waals surface area contributed by atoms with Gasteiger partial charge in [-0.15, -0.1) is 0 Å². The molecule has 0 aromatic heterocycles. The first-order valence-corrected chi connectivity index (χ1v) is 5.91. The molecule has 2 N–H and O–H groups in total. The number of amides is 1. The minimum atomic E-state index is -0.778. The van der Waals surface area contributed by atoms with Crippen molar-refractivity contribution in [2.45, 2.75) is 0 Å². The Morgan fingerprint density at radius 2 is 1.94 bits per heavy atom. The number of nitrogens with one attached hydrogen (secondary N) is 1. The van der Waals surface area contributed by atoms with Gasteiger partial charge in [-0.1, -0.05) is 12.1 Å². The van der Waals surface area contributed by atoms with E-state index < -0.39 is 11.6 Å². The van der Waals surface area contributed by atoms with E-state index in [4.69, 9.17) is 5.11 Å². The zero-order valence-electron chi connectivity index (χ0n) is 9.15. The van der Waals surface area contributed by atoms with E-state index in [2.05, 4.69) is 21.2 Å². The number of carbonyl (C=O) groups is 1. The van der Waals surface area contributed by atoms with E-state index >= 15 is 0 Å². The van der Waals surface area contributed by atoms with Crippen molar-refractivity contribution in [1.82, 2.24) is 0 Å². The Hall–Kier alpha value is -1.88. The number of phenolic OH excluding ortho intramolecular Hbond substituents is 1. The van der Waals surface area contributed by atoms with Crippen LogP contribution in [-0.4, -0.2) is 11.0 Å². The second kappa shape index (κ2) is 5.18. The summed E-state index contributed by atoms with van der Waals surface area (Å²) in [6.07, 6.45) is 0. The summed E-state index contributed by atoms with van der Waals surface area (Å²) in [6, 6.07) is 10.6. The number of anilines is 1. The van der Waals surface area contributed by atoms with E-state index in [1.807, 2.05) is 0 Å². The molecule has 18 heavy (non-hydrogen) atoms. The van der Waals surface area contributed by atoms with E-state index in [0.717, 1.165) is 6.07 Å². The lowest BCUT2D eigenvalue weighted by Gasteiger charge is -2.07. The maximum atomic E-state index is 13.1. The summed E-state index contributed by atoms with van der Waals surface area (Å²) in [5, 5.41) is 11.6. The molecule has 0 aliphatic carbocycles. The van der Waals surface area contributed by atoms with Crippen LogP contribution in [-0.2, 0) is 0 Å². The molecule has 3 nitrogen and oxygen atoms in total. The lowest BCUT2D eigenvalue weighted by Crippen LogP contribution is -2.12. The topological polar surface area (TPSA) is 49.3 Å². The van der Waals surface area contributed by atoms with Crippen LogP contribution < -0.4 is 5.32 Å². The highest BCUT2D eigenvalue weighted by Gasteiger charge is 2.10. The maximum Gasteiger partial charge on any atom is 0.256 e. The smallest absolute Gasteiger partial charge is 0.256 e. The van der Waals surface area contributed by atoms with Crippen LogP contribution >= 0.6 is 15.9 Å². The zero-order valence-corrected chi connectivity index (χ0v) is 10.7. The molecule has 0 heterocycles. The highest BCUT2D eigenvalue weighted by molar-refractivity contribution is 9.10. The van der Waals surface area contributed by atoms with Crippen molar-refractivity contribution in [2.75, 3.05) is 5.32 Å². The monoisotopic (exact) mass is 309 g/mol. The van der Waals surface area contributed by atoms with Crippen LogP contribution in [0.5, 0.6) is 5.75 Å². The lowest BCUT2D eigenvalue weighted by molar-refractivity contribution is 0.102. The molecule has 0 atom stereocenters. The Morgan fingerprint density at radius 1 is 1.22 bits per heavy atom. The minimum absolute atomic E-state index is 0.283. The molecule has 1 amide bonds. The van der Waals surface area contributed by atoms with Crippen LogP contribution in [0.25, 0.3) is 0 Å². The number of rotatable bonds is 2. The van der Waals surface area contributed by atoms with Gasteiger partial charge in [0.05, 0.1) is 5.56 Å². The summed E-state index contributed by atoms with van der Waals surface area (Å²) in [6.45, 7) is 0. The van der Waals surface area contributed by atoms with Crippen LogP contribution in [0.3, 0.4) is 0 Å². The van der Waals surface area contributed by atoms with E-state index in [1.54, 1.807) is 24.3 Å². The normalized spacial score (nSPS) is 10.1. The van der Waals surface area contributed by atoms with Crippen molar-refractivity contribution in [3.8, 4) is 5.75 Å². The first-order chi connectivity index (χ1) is 8.58. The number of halogens is 2. The molecule has 2 rings (SSSR count). The van der Waals surface area contributed by atoms with Gasteiger partial charge in [-0.3, -0.25) is 4.79 Å². The molecule has 5 heteroatoms. The van der Waals surface area contributed by atoms with Gasteiger partial charge in [0.25, 0.3) is 5.91 Å². The summed E-state index contributed by atoms with van der Waals surface area (Å²) >= 11 is 3.26. The fourth-order valence-corrected chi connectivity index (χ4v) is 1.89. The van der Waals surface area contributed by atoms with Gasteiger partial charge >= 0.3 is 0 Å². The molecule has 0 unspecified atom stereocenters. The summed E-state index contributed by atoms with van der Waals surface area (Å²) in [5.41, 5.74) is 0.733. The summed E-state index contributed by atoms with van der Waals surface area (Å²) in [7, 11) is 0. The van der Waals surface area contributed by atoms with Crippen molar-refractivity contribution in [3.63, 3.8) is 0 Å². The van der Waals surface area contributed by atoms with E-state index in [-0.39, 0.29) is 11.6 Å². The molecule has 0 saturated heterocycles. The number of carbonyl (C=O) groups excluding carboxylic acids is 1. The molecule has 0 saturated carbocycles. The molecule has 0 fully saturated rings. The van der Waals surface area contributed by atoms with Gasteiger partial charge < -0.3 is 10.4 Å². The van der Waals surface area contributed by atoms with Crippen LogP contribution in [0.1, 0.15) is 10.4 Å². The summed E-state index contributed by atoms with van der Waals surface area (Å²) in [4.78, 5) is 11.9. The Morgan fingerprint density at radius 3 is 2.61 bits per heavy atom. The highest BCUT2D eigenvalue weighted by atomic mass is 79.9. The van der Waals surface area contributed by atoms with Crippen LogP contribution in [0.2, 0.25) is 0 Å². The third-order valence-electron chi connectivity index (χ3n) is 2.32. The average Bonchev–Trinajstić information content (AvgIpc) is 2.34. The SMILES string of the molecule is O=C(Nc1ccc(O)c(F)c1)c1ccccc1Br. The van der Waals surface area contributed by atoms with Crippen molar-refractivity contribution in [1.29, 1.82) is 0 Å². The number of hydrogen-bond acceptors (Lipinski definition) is 2. The summed E-state index contributed by atoms with van der Waals surface area (Å²) < 4.78 is 13.8. The molecule has 0 spiro atoms. The number of benzene rings is 2. The van der Waals surface area contributed by atoms with Crippen LogP contribution in [0.15, 0.2) is 46.9 Å². The predicted molar refractivity (Wildman–Crippen MR) is 70.2 cm³/mol. The van der Waals surface area contributed by atoms with Crippen molar-refractivity contribution in [2.24, 2.45) is 0 Å². The molecule has 2 aromatic rings. The third-order valence-corrected chi connectivity index (χ3v) is 3.02. The zero-order chi connectivity index (χ0) is 13.1. The van der Waals surface area contributed by atoms with Gasteiger partial charge in [0.15, 0.2) is 11.6 Å². The van der Waals surface area contributed by atoms with Gasteiger partial charge in [-0.05, 0) is 40.2 Å². The van der Waals surface area contributed by atoms with Gasteiger partial charge in [0.1, 0.15) is 0 Å². The first kappa shape index (κ1) is 12.6. The van der Waals surface area contributed by atoms with Gasteiger partial charge in [-0.25, -0.2) is 4.39 Å². The largest absolute Gasteiger partial charge is 0.505 e. The molecule has 92 valence electrons. The molecule has 0 radical (unpaired) electrons. The average molecular weight is 310 g/mol. The highest BCUT2D eigenvalue weighted by Crippen LogP contribution is 2.21. The standard InChI is InChI=1S/C13H9BrFNO2/c14-10-4-2-1-3-9(10)13(18)16-8-5-6-12(17)11(15)7-8/h1-7,17H,(H,16,18). The van der Waals surface area contributed by atoms with Crippen molar-refractivity contribution >= 4 is 27.5 Å². The molecule has 2 aromatic carbocycles. The first-order valence-electron chi connectivity index (χ1n) is 5.12. The maximum absolute atomic E-state index is 13.1. The molecule has 0 bridgehead atoms. The quantitative estimate of drug-likeness (QED) is 0.834. The Labute approximate surface area is 111 Å².